The topological polar surface area (TPSA) is 198 Å². The Morgan fingerprint density at radius 1 is 0.952 bits per heavy atom. The standard InChI is InChI=1S/C26H28FN3O10P2/c27-20-12-18-21(30(17-5-6-17)14-19(24(18)31)26(33)34)13-22(20)28-7-9-29(10-8-28)25(32)16-3-1-15(2-4-16)11-23(41(35,36)37)42(38,39)40/h1-4,12-14,17,23H,5-11H2,(H,33,34)(H2,35,36,37)(H2,38,39,40). The van der Waals surface area contributed by atoms with Crippen molar-refractivity contribution in [2.45, 2.75) is 30.7 Å². The van der Waals surface area contributed by atoms with Crippen LogP contribution in [0.3, 0.4) is 0 Å². The minimum atomic E-state index is -5.09. The van der Waals surface area contributed by atoms with Gasteiger partial charge in [0.15, 0.2) is 5.40 Å². The summed E-state index contributed by atoms with van der Waals surface area (Å²) in [4.78, 5) is 78.0. The molecule has 0 spiro atoms. The minimum absolute atomic E-state index is 0.00628. The van der Waals surface area contributed by atoms with Gasteiger partial charge in [0.05, 0.1) is 11.2 Å². The van der Waals surface area contributed by atoms with Gasteiger partial charge in [0.2, 0.25) is 5.43 Å². The largest absolute Gasteiger partial charge is 0.477 e. The first-order valence-corrected chi connectivity index (χ1v) is 16.4. The van der Waals surface area contributed by atoms with Crippen molar-refractivity contribution in [3.8, 4) is 0 Å². The van der Waals surface area contributed by atoms with Crippen LogP contribution in [0.1, 0.15) is 45.2 Å². The second-order valence-corrected chi connectivity index (χ2v) is 14.5. The summed E-state index contributed by atoms with van der Waals surface area (Å²) in [5.74, 6) is -2.39. The fraction of sp³-hybridized carbons (Fsp3) is 0.346. The van der Waals surface area contributed by atoms with E-state index in [0.29, 0.717) is 5.52 Å². The third-order valence-electron chi connectivity index (χ3n) is 7.57. The van der Waals surface area contributed by atoms with Crippen molar-refractivity contribution >= 4 is 43.7 Å². The fourth-order valence-electron chi connectivity index (χ4n) is 5.17. The summed E-state index contributed by atoms with van der Waals surface area (Å²) in [5.41, 5.74) is 0.0174. The molecule has 224 valence electrons. The zero-order valence-corrected chi connectivity index (χ0v) is 23.8. The highest BCUT2D eigenvalue weighted by atomic mass is 31.2. The van der Waals surface area contributed by atoms with Crippen molar-refractivity contribution in [1.82, 2.24) is 9.47 Å². The number of carbonyl (C=O) groups is 2. The van der Waals surface area contributed by atoms with Crippen LogP contribution in [0.4, 0.5) is 10.1 Å². The van der Waals surface area contributed by atoms with Gasteiger partial charge in [-0.1, -0.05) is 12.1 Å². The lowest BCUT2D eigenvalue weighted by Gasteiger charge is -2.36. The highest BCUT2D eigenvalue weighted by Gasteiger charge is 2.43. The van der Waals surface area contributed by atoms with E-state index in [-0.39, 0.29) is 60.3 Å². The number of hydrogen-bond donors (Lipinski definition) is 5. The van der Waals surface area contributed by atoms with Gasteiger partial charge < -0.3 is 39.0 Å². The van der Waals surface area contributed by atoms with Crippen molar-refractivity contribution < 1.29 is 47.8 Å². The molecule has 0 atom stereocenters. The number of hydrogen-bond acceptors (Lipinski definition) is 6. The molecule has 0 bridgehead atoms. The fourth-order valence-corrected chi connectivity index (χ4v) is 7.63. The van der Waals surface area contributed by atoms with Gasteiger partial charge in [0.1, 0.15) is 11.4 Å². The van der Waals surface area contributed by atoms with Crippen LogP contribution in [0.15, 0.2) is 47.4 Å². The monoisotopic (exact) mass is 623 g/mol. The van der Waals surface area contributed by atoms with Gasteiger partial charge in [-0.05, 0) is 49.1 Å². The van der Waals surface area contributed by atoms with E-state index in [1.807, 2.05) is 0 Å². The summed E-state index contributed by atoms with van der Waals surface area (Å²) >= 11 is 0. The summed E-state index contributed by atoms with van der Waals surface area (Å²) in [6, 6.07) is 8.22. The number of anilines is 1. The van der Waals surface area contributed by atoms with Gasteiger partial charge in [-0.25, -0.2) is 9.18 Å². The first-order valence-electron chi connectivity index (χ1n) is 13.0. The lowest BCUT2D eigenvalue weighted by molar-refractivity contribution is 0.0693. The Bertz CT molecular complexity index is 1700. The zero-order chi connectivity index (χ0) is 30.6. The van der Waals surface area contributed by atoms with E-state index < -0.39 is 49.8 Å². The molecule has 2 aromatic carbocycles. The Hall–Kier alpha value is -3.38. The Balaban J connectivity index is 1.30. The van der Waals surface area contributed by atoms with Crippen LogP contribution in [-0.4, -0.2) is 77.6 Å². The summed E-state index contributed by atoms with van der Waals surface area (Å²) in [5, 5.41) is 7.24. The van der Waals surface area contributed by atoms with Crippen LogP contribution >= 0.6 is 15.2 Å². The zero-order valence-electron chi connectivity index (χ0n) is 22.0. The Kier molecular flexibility index (Phi) is 7.90. The lowest BCUT2D eigenvalue weighted by atomic mass is 10.1. The van der Waals surface area contributed by atoms with E-state index in [4.69, 9.17) is 0 Å². The van der Waals surface area contributed by atoms with Crippen LogP contribution < -0.4 is 10.3 Å². The average molecular weight is 623 g/mol. The van der Waals surface area contributed by atoms with Crippen LogP contribution in [-0.2, 0) is 15.6 Å². The number of aromatic carboxylic acids is 1. The summed E-state index contributed by atoms with van der Waals surface area (Å²) in [6.45, 7) is 1.03. The molecule has 2 heterocycles. The molecule has 0 unspecified atom stereocenters. The normalized spacial score (nSPS) is 16.3. The van der Waals surface area contributed by atoms with Gasteiger partial charge in [0.25, 0.3) is 5.91 Å². The van der Waals surface area contributed by atoms with E-state index in [0.717, 1.165) is 18.9 Å². The number of carboxylic acid groups (broad SMARTS) is 1. The van der Waals surface area contributed by atoms with Crippen LogP contribution in [0.5, 0.6) is 0 Å². The van der Waals surface area contributed by atoms with E-state index in [9.17, 15) is 48.2 Å². The smallest absolute Gasteiger partial charge is 0.341 e. The number of aromatic nitrogens is 1. The van der Waals surface area contributed by atoms with Gasteiger partial charge in [-0.2, -0.15) is 0 Å². The molecule has 16 heteroatoms. The molecule has 5 N–H and O–H groups in total. The van der Waals surface area contributed by atoms with Gasteiger partial charge in [-0.15, -0.1) is 0 Å². The van der Waals surface area contributed by atoms with E-state index in [2.05, 4.69) is 0 Å². The molecule has 1 amide bonds. The average Bonchev–Trinajstić information content (AvgIpc) is 3.76. The number of fused-ring (bicyclic) bond motifs is 1. The van der Waals surface area contributed by atoms with E-state index >= 15 is 4.39 Å². The maximum Gasteiger partial charge on any atom is 0.341 e. The third kappa shape index (κ3) is 6.05. The summed E-state index contributed by atoms with van der Waals surface area (Å²) in [6.07, 6.45) is 2.37. The number of benzene rings is 2. The number of pyridine rings is 1. The molecule has 2 aliphatic rings. The number of halogens is 1. The third-order valence-corrected chi connectivity index (χ3v) is 11.3. The minimum Gasteiger partial charge on any atom is -0.477 e. The number of carboxylic acids is 1. The predicted octanol–water partition coefficient (Wildman–Crippen LogP) is 2.36. The molecule has 3 aromatic rings. The second kappa shape index (κ2) is 11.0. The highest BCUT2D eigenvalue weighted by Crippen LogP contribution is 2.60. The first-order chi connectivity index (χ1) is 19.6. The maximum absolute atomic E-state index is 15.2. The molecule has 0 radical (unpaired) electrons. The van der Waals surface area contributed by atoms with Crippen molar-refractivity contribution in [3.63, 3.8) is 0 Å². The molecule has 1 saturated heterocycles. The number of amides is 1. The SMILES string of the molecule is O=C(O)c1cn(C2CC2)c2cc(N3CCN(C(=O)c4ccc(CC(P(=O)(O)O)P(=O)(O)O)cc4)CC3)c(F)cc2c1=O. The first kappa shape index (κ1) is 30.1. The molecule has 1 aliphatic heterocycles. The van der Waals surface area contributed by atoms with E-state index in [1.165, 1.54) is 30.5 Å². The molecular formula is C26H28FN3O10P2. The summed E-state index contributed by atoms with van der Waals surface area (Å²) in [7, 11) is -10.2. The van der Waals surface area contributed by atoms with Crippen molar-refractivity contribution in [2.75, 3.05) is 31.1 Å². The lowest BCUT2D eigenvalue weighted by Crippen LogP contribution is -2.49. The van der Waals surface area contributed by atoms with Crippen LogP contribution in [0.2, 0.25) is 0 Å². The Morgan fingerprint density at radius 2 is 1.55 bits per heavy atom. The molecule has 1 saturated carbocycles. The maximum atomic E-state index is 15.2. The number of nitrogens with zero attached hydrogens (tertiary/aromatic N) is 3. The molecule has 13 nitrogen and oxygen atoms in total. The second-order valence-electron chi connectivity index (χ2n) is 10.5. The van der Waals surface area contributed by atoms with E-state index in [1.54, 1.807) is 20.4 Å². The van der Waals surface area contributed by atoms with Crippen LogP contribution in [0.25, 0.3) is 10.9 Å². The predicted molar refractivity (Wildman–Crippen MR) is 150 cm³/mol. The number of piperazine rings is 1. The Labute approximate surface area is 238 Å². The van der Waals surface area contributed by atoms with Crippen LogP contribution in [0, 0.1) is 5.82 Å². The highest BCUT2D eigenvalue weighted by molar-refractivity contribution is 7.70. The van der Waals surface area contributed by atoms with Crippen molar-refractivity contribution in [1.29, 1.82) is 0 Å². The molecule has 1 aliphatic carbocycles. The molecule has 5 rings (SSSR count). The molecule has 2 fully saturated rings. The number of carbonyl (C=O) groups excluding carboxylic acids is 1. The molecule has 42 heavy (non-hydrogen) atoms. The summed E-state index contributed by atoms with van der Waals surface area (Å²) < 4.78 is 40.1. The van der Waals surface area contributed by atoms with Gasteiger partial charge in [-0.3, -0.25) is 18.7 Å². The molecule has 1 aromatic heterocycles. The Morgan fingerprint density at radius 3 is 2.07 bits per heavy atom. The quantitative estimate of drug-likeness (QED) is 0.231. The number of rotatable bonds is 8. The van der Waals surface area contributed by atoms with Gasteiger partial charge in [0, 0.05) is 49.4 Å². The molecular weight excluding hydrogens is 595 g/mol. The van der Waals surface area contributed by atoms with Crippen molar-refractivity contribution in [3.05, 3.63) is 75.3 Å². The van der Waals surface area contributed by atoms with Gasteiger partial charge >= 0.3 is 21.2 Å². The van der Waals surface area contributed by atoms with Crippen molar-refractivity contribution in [2.24, 2.45) is 0 Å².